The summed E-state index contributed by atoms with van der Waals surface area (Å²) in [5.41, 5.74) is 1.48. The van der Waals surface area contributed by atoms with Gasteiger partial charge in [0.2, 0.25) is 0 Å². The number of ether oxygens (including phenoxy) is 3. The number of nitro groups is 1. The van der Waals surface area contributed by atoms with Gasteiger partial charge in [-0.05, 0) is 50.8 Å². The molecule has 0 fully saturated rings. The Labute approximate surface area is 205 Å². The molecule has 0 atom stereocenters. The standard InChI is InChI=1S/C24H34N4O7/c1-8-10-11-25-21(15(3)4)23(29)26-22(16(5)9-2)27-24(30)35-14-17-12-19(33-6)20(34-7)13-18(17)28(31)32/h11-13H,8-10,14H2,1-7H3,(H,26,29)(H,27,30). The van der Waals surface area contributed by atoms with Crippen molar-refractivity contribution in [3.05, 3.63) is 50.5 Å². The van der Waals surface area contributed by atoms with Crippen LogP contribution in [-0.2, 0) is 16.1 Å². The van der Waals surface area contributed by atoms with Gasteiger partial charge in [-0.1, -0.05) is 20.3 Å². The highest BCUT2D eigenvalue weighted by molar-refractivity contribution is 5.96. The number of aliphatic imine (C=N–C) groups is 1. The van der Waals surface area contributed by atoms with E-state index in [1.54, 1.807) is 27.0 Å². The van der Waals surface area contributed by atoms with E-state index in [0.29, 0.717) is 17.6 Å². The van der Waals surface area contributed by atoms with E-state index in [1.807, 2.05) is 13.8 Å². The van der Waals surface area contributed by atoms with E-state index >= 15 is 0 Å². The van der Waals surface area contributed by atoms with Crippen LogP contribution >= 0.6 is 0 Å². The minimum atomic E-state index is -0.898. The third kappa shape index (κ3) is 8.76. The van der Waals surface area contributed by atoms with Crippen LogP contribution in [0.2, 0.25) is 0 Å². The van der Waals surface area contributed by atoms with Gasteiger partial charge in [-0.25, -0.2) is 4.79 Å². The zero-order chi connectivity index (χ0) is 26.5. The molecular formula is C24H34N4O7. The number of carbonyl (C=O) groups excluding carboxylic acids is 2. The third-order valence-corrected chi connectivity index (χ3v) is 4.89. The highest BCUT2D eigenvalue weighted by Gasteiger charge is 2.21. The Kier molecular flexibility index (Phi) is 12.0. The Bertz CT molecular complexity index is 1020. The Balaban J connectivity index is 3.05. The number of nitrogens with zero attached hydrogens (tertiary/aromatic N) is 2. The maximum Gasteiger partial charge on any atom is 0.413 e. The van der Waals surface area contributed by atoms with Crippen LogP contribution in [0.3, 0.4) is 0 Å². The predicted octanol–water partition coefficient (Wildman–Crippen LogP) is 4.76. The number of hydrogen-bond donors (Lipinski definition) is 2. The fourth-order valence-corrected chi connectivity index (χ4v) is 2.77. The second-order valence-electron chi connectivity index (χ2n) is 7.71. The summed E-state index contributed by atoms with van der Waals surface area (Å²) in [7, 11) is 2.75. The first-order valence-corrected chi connectivity index (χ1v) is 11.1. The molecule has 2 amide bonds. The molecule has 0 heterocycles. The number of alkyl carbamates (subject to hydrolysis) is 1. The van der Waals surface area contributed by atoms with Crippen molar-refractivity contribution in [1.82, 2.24) is 10.6 Å². The third-order valence-electron chi connectivity index (χ3n) is 4.89. The van der Waals surface area contributed by atoms with Crippen molar-refractivity contribution in [1.29, 1.82) is 0 Å². The average Bonchev–Trinajstić information content (AvgIpc) is 2.83. The monoisotopic (exact) mass is 490 g/mol. The van der Waals surface area contributed by atoms with Crippen molar-refractivity contribution >= 4 is 23.9 Å². The van der Waals surface area contributed by atoms with Crippen LogP contribution in [0.4, 0.5) is 10.5 Å². The lowest BCUT2D eigenvalue weighted by Crippen LogP contribution is -2.37. The Hall–Kier alpha value is -3.89. The molecule has 0 aliphatic heterocycles. The Morgan fingerprint density at radius 3 is 2.23 bits per heavy atom. The van der Waals surface area contributed by atoms with E-state index in [9.17, 15) is 19.7 Å². The SMILES string of the molecule is CCCC=NC(C(=O)NC(NC(=O)OCc1cc(OC)c(OC)cc1[N+](=O)[O-])=C(C)CC)=C(C)C. The first-order chi connectivity index (χ1) is 16.6. The second-order valence-corrected chi connectivity index (χ2v) is 7.71. The molecule has 0 unspecified atom stereocenters. The number of rotatable bonds is 12. The van der Waals surface area contributed by atoms with Gasteiger partial charge in [-0.3, -0.25) is 25.2 Å². The number of allylic oxidation sites excluding steroid dienone is 2. The highest BCUT2D eigenvalue weighted by Crippen LogP contribution is 2.34. The second kappa shape index (κ2) is 14.4. The molecule has 11 nitrogen and oxygen atoms in total. The summed E-state index contributed by atoms with van der Waals surface area (Å²) in [6, 6.07) is 2.57. The molecule has 0 saturated carbocycles. The van der Waals surface area contributed by atoms with Crippen molar-refractivity contribution in [3.8, 4) is 11.5 Å². The van der Waals surface area contributed by atoms with Gasteiger partial charge in [-0.2, -0.15) is 0 Å². The van der Waals surface area contributed by atoms with Crippen LogP contribution in [0, 0.1) is 10.1 Å². The van der Waals surface area contributed by atoms with Gasteiger partial charge in [-0.15, -0.1) is 0 Å². The number of amides is 2. The smallest absolute Gasteiger partial charge is 0.413 e. The van der Waals surface area contributed by atoms with E-state index < -0.39 is 23.5 Å². The molecule has 0 spiro atoms. The van der Waals surface area contributed by atoms with Crippen LogP contribution in [0.1, 0.15) is 59.4 Å². The summed E-state index contributed by atoms with van der Waals surface area (Å²) in [4.78, 5) is 40.4. The van der Waals surface area contributed by atoms with Gasteiger partial charge >= 0.3 is 6.09 Å². The number of carbonyl (C=O) groups is 2. The molecule has 11 heteroatoms. The van der Waals surface area contributed by atoms with Gasteiger partial charge in [0, 0.05) is 6.21 Å². The highest BCUT2D eigenvalue weighted by atomic mass is 16.6. The number of benzene rings is 1. The van der Waals surface area contributed by atoms with Crippen molar-refractivity contribution in [2.75, 3.05) is 14.2 Å². The fraction of sp³-hybridized carbons (Fsp3) is 0.458. The number of nitro benzene ring substituents is 1. The molecule has 1 rings (SSSR count). The van der Waals surface area contributed by atoms with E-state index in [2.05, 4.69) is 15.6 Å². The van der Waals surface area contributed by atoms with Crippen LogP contribution in [0.5, 0.6) is 11.5 Å². The molecule has 0 bridgehead atoms. The van der Waals surface area contributed by atoms with Gasteiger partial charge in [0.1, 0.15) is 18.1 Å². The summed E-state index contributed by atoms with van der Waals surface area (Å²) >= 11 is 0. The summed E-state index contributed by atoms with van der Waals surface area (Å²) < 4.78 is 15.5. The van der Waals surface area contributed by atoms with E-state index in [-0.39, 0.29) is 34.3 Å². The van der Waals surface area contributed by atoms with Crippen LogP contribution < -0.4 is 20.1 Å². The van der Waals surface area contributed by atoms with Crippen molar-refractivity contribution in [2.45, 2.75) is 60.5 Å². The van der Waals surface area contributed by atoms with Crippen molar-refractivity contribution in [3.63, 3.8) is 0 Å². The van der Waals surface area contributed by atoms with Crippen LogP contribution in [0.15, 0.2) is 39.8 Å². The zero-order valence-electron chi connectivity index (χ0n) is 21.3. The molecule has 0 saturated heterocycles. The van der Waals surface area contributed by atoms with Gasteiger partial charge in [0.15, 0.2) is 11.5 Å². The van der Waals surface area contributed by atoms with Gasteiger partial charge in [0.25, 0.3) is 11.6 Å². The first-order valence-electron chi connectivity index (χ1n) is 11.1. The largest absolute Gasteiger partial charge is 0.493 e. The number of unbranched alkanes of at least 4 members (excludes halogenated alkanes) is 1. The van der Waals surface area contributed by atoms with Crippen molar-refractivity contribution in [2.24, 2.45) is 4.99 Å². The normalized spacial score (nSPS) is 11.4. The van der Waals surface area contributed by atoms with Gasteiger partial charge in [0.05, 0.1) is 30.8 Å². The van der Waals surface area contributed by atoms with Crippen LogP contribution in [0.25, 0.3) is 0 Å². The molecule has 0 aliphatic rings. The molecule has 0 radical (unpaired) electrons. The fourth-order valence-electron chi connectivity index (χ4n) is 2.77. The molecule has 1 aromatic rings. The van der Waals surface area contributed by atoms with E-state index in [4.69, 9.17) is 14.2 Å². The summed E-state index contributed by atoms with van der Waals surface area (Å²) in [5.74, 6) is 0.116. The molecule has 1 aromatic carbocycles. The van der Waals surface area contributed by atoms with Crippen molar-refractivity contribution < 1.29 is 28.7 Å². The summed E-state index contributed by atoms with van der Waals surface area (Å²) in [5, 5.41) is 16.7. The Morgan fingerprint density at radius 2 is 1.71 bits per heavy atom. The minimum absolute atomic E-state index is 0.113. The first kappa shape index (κ1) is 29.1. The quantitative estimate of drug-likeness (QED) is 0.186. The summed E-state index contributed by atoms with van der Waals surface area (Å²) in [6.45, 7) is 8.75. The number of nitrogens with one attached hydrogen (secondary N) is 2. The lowest BCUT2D eigenvalue weighted by molar-refractivity contribution is -0.385. The molecule has 35 heavy (non-hydrogen) atoms. The maximum atomic E-state index is 12.8. The Morgan fingerprint density at radius 1 is 1.09 bits per heavy atom. The topological polar surface area (TPSA) is 141 Å². The predicted molar refractivity (Wildman–Crippen MR) is 132 cm³/mol. The molecule has 0 aliphatic carbocycles. The van der Waals surface area contributed by atoms with E-state index in [1.165, 1.54) is 26.4 Å². The lowest BCUT2D eigenvalue weighted by atomic mass is 10.1. The average molecular weight is 491 g/mol. The minimum Gasteiger partial charge on any atom is -0.493 e. The number of hydrogen-bond acceptors (Lipinski definition) is 8. The summed E-state index contributed by atoms with van der Waals surface area (Å²) in [6.07, 6.45) is 2.95. The molecule has 2 N–H and O–H groups in total. The van der Waals surface area contributed by atoms with Crippen LogP contribution in [-0.4, -0.2) is 37.4 Å². The maximum absolute atomic E-state index is 12.8. The lowest BCUT2D eigenvalue weighted by Gasteiger charge is -2.16. The van der Waals surface area contributed by atoms with Gasteiger partial charge < -0.3 is 19.5 Å². The number of methoxy groups -OCH3 is 2. The molecular weight excluding hydrogens is 456 g/mol. The van der Waals surface area contributed by atoms with E-state index in [0.717, 1.165) is 12.8 Å². The molecule has 0 aromatic heterocycles. The zero-order valence-corrected chi connectivity index (χ0v) is 21.3. The molecule has 192 valence electrons.